The monoisotopic (exact) mass is 616 g/mol. The number of benzene rings is 2. The van der Waals surface area contributed by atoms with Crippen molar-refractivity contribution in [2.45, 2.75) is 29.5 Å². The SMILES string of the molecule is COC(=O)c1ccc(C2C(C#N)=C(N)N(c3nnc(SCC(=O)Nc4cccc(C(=O)O)c4)s3)C3=C2C(=O)CCC3)cc1. The van der Waals surface area contributed by atoms with Crippen molar-refractivity contribution in [3.63, 3.8) is 0 Å². The predicted molar refractivity (Wildman–Crippen MR) is 158 cm³/mol. The van der Waals surface area contributed by atoms with Crippen LogP contribution in [0.3, 0.4) is 0 Å². The highest BCUT2D eigenvalue weighted by atomic mass is 32.2. The Morgan fingerprint density at radius 1 is 1.19 bits per heavy atom. The van der Waals surface area contributed by atoms with Crippen molar-refractivity contribution in [3.8, 4) is 6.07 Å². The van der Waals surface area contributed by atoms with Crippen molar-refractivity contribution in [1.82, 2.24) is 10.2 Å². The van der Waals surface area contributed by atoms with Crippen molar-refractivity contribution in [2.75, 3.05) is 23.1 Å². The smallest absolute Gasteiger partial charge is 0.337 e. The third-order valence-corrected chi connectivity index (χ3v) is 8.93. The molecule has 1 aliphatic heterocycles. The first-order chi connectivity index (χ1) is 20.7. The van der Waals surface area contributed by atoms with Gasteiger partial charge in [-0.1, -0.05) is 41.3 Å². The van der Waals surface area contributed by atoms with Crippen molar-refractivity contribution >= 4 is 57.5 Å². The number of anilines is 2. The van der Waals surface area contributed by atoms with E-state index < -0.39 is 17.9 Å². The quantitative estimate of drug-likeness (QED) is 0.244. The van der Waals surface area contributed by atoms with Crippen LogP contribution in [0.5, 0.6) is 0 Å². The molecule has 1 aromatic heterocycles. The first kappa shape index (κ1) is 29.5. The van der Waals surface area contributed by atoms with Gasteiger partial charge >= 0.3 is 11.9 Å². The number of methoxy groups -OCH3 is 1. The molecule has 12 nitrogen and oxygen atoms in total. The average Bonchev–Trinajstić information content (AvgIpc) is 3.48. The van der Waals surface area contributed by atoms with Gasteiger partial charge < -0.3 is 20.9 Å². The Bertz CT molecular complexity index is 1740. The molecule has 218 valence electrons. The number of hydrogen-bond donors (Lipinski definition) is 3. The fourth-order valence-corrected chi connectivity index (χ4v) is 6.65. The minimum Gasteiger partial charge on any atom is -0.478 e. The maximum Gasteiger partial charge on any atom is 0.337 e. The number of allylic oxidation sites excluding steroid dienone is 3. The van der Waals surface area contributed by atoms with Crippen LogP contribution in [0.15, 0.2) is 75.5 Å². The number of Topliss-reactive ketones (excluding diaryl/α,β-unsaturated/α-hetero) is 1. The third kappa shape index (κ3) is 5.99. The van der Waals surface area contributed by atoms with Crippen LogP contribution in [-0.4, -0.2) is 51.8 Å². The van der Waals surface area contributed by atoms with E-state index in [0.717, 1.165) is 23.1 Å². The summed E-state index contributed by atoms with van der Waals surface area (Å²) in [6.45, 7) is 0. The summed E-state index contributed by atoms with van der Waals surface area (Å²) in [5.41, 5.74) is 9.24. The highest BCUT2D eigenvalue weighted by Crippen LogP contribution is 2.47. The molecule has 2 aromatic carbocycles. The van der Waals surface area contributed by atoms with Crippen molar-refractivity contribution in [3.05, 3.63) is 87.9 Å². The van der Waals surface area contributed by atoms with Crippen LogP contribution in [0, 0.1) is 11.3 Å². The van der Waals surface area contributed by atoms with E-state index >= 15 is 0 Å². The van der Waals surface area contributed by atoms with E-state index in [1.165, 1.54) is 25.3 Å². The van der Waals surface area contributed by atoms with E-state index in [2.05, 4.69) is 21.6 Å². The Hall–Kier alpha value is -5.00. The molecule has 1 atom stereocenters. The van der Waals surface area contributed by atoms with Gasteiger partial charge in [0, 0.05) is 23.4 Å². The number of carbonyl (C=O) groups excluding carboxylic acids is 3. The van der Waals surface area contributed by atoms with Gasteiger partial charge in [0.15, 0.2) is 10.1 Å². The summed E-state index contributed by atoms with van der Waals surface area (Å²) in [6.07, 6.45) is 1.45. The number of ether oxygens (including phenoxy) is 1. The van der Waals surface area contributed by atoms with E-state index in [1.807, 2.05) is 0 Å². The highest BCUT2D eigenvalue weighted by Gasteiger charge is 2.41. The fourth-order valence-electron chi connectivity index (χ4n) is 4.97. The molecule has 5 rings (SSSR count). The maximum absolute atomic E-state index is 13.3. The number of nitrogens with one attached hydrogen (secondary N) is 1. The zero-order valence-electron chi connectivity index (χ0n) is 22.7. The summed E-state index contributed by atoms with van der Waals surface area (Å²) in [5.74, 6) is -2.66. The molecule has 2 aliphatic rings. The zero-order chi connectivity index (χ0) is 30.7. The highest BCUT2D eigenvalue weighted by molar-refractivity contribution is 8.01. The summed E-state index contributed by atoms with van der Waals surface area (Å²) in [6, 6.07) is 14.6. The molecule has 14 heteroatoms. The lowest BCUT2D eigenvalue weighted by Gasteiger charge is -2.38. The molecular weight excluding hydrogens is 592 g/mol. The van der Waals surface area contributed by atoms with Crippen LogP contribution >= 0.6 is 23.1 Å². The Labute approximate surface area is 253 Å². The molecule has 0 saturated heterocycles. The van der Waals surface area contributed by atoms with Crippen LogP contribution in [0.1, 0.15) is 51.5 Å². The van der Waals surface area contributed by atoms with Gasteiger partial charge in [-0.25, -0.2) is 9.59 Å². The largest absolute Gasteiger partial charge is 0.478 e. The number of thioether (sulfide) groups is 1. The lowest BCUT2D eigenvalue weighted by molar-refractivity contribution is -0.116. The number of nitrogens with zero attached hydrogens (tertiary/aromatic N) is 4. The van der Waals surface area contributed by atoms with Crippen LogP contribution in [0.25, 0.3) is 0 Å². The molecule has 0 radical (unpaired) electrons. The predicted octanol–water partition coefficient (Wildman–Crippen LogP) is 4.06. The molecule has 0 bridgehead atoms. The summed E-state index contributed by atoms with van der Waals surface area (Å²) in [4.78, 5) is 50.5. The Balaban J connectivity index is 1.40. The second-order valence-electron chi connectivity index (χ2n) is 9.50. The number of carboxylic acids is 1. The molecule has 2 heterocycles. The normalized spacial score (nSPS) is 16.4. The first-order valence-corrected chi connectivity index (χ1v) is 14.8. The molecule has 0 spiro atoms. The topological polar surface area (TPSA) is 189 Å². The molecular formula is C29H24N6O6S2. The fraction of sp³-hybridized carbons (Fsp3) is 0.207. The van der Waals surface area contributed by atoms with Crippen molar-refractivity contribution in [1.29, 1.82) is 5.26 Å². The Morgan fingerprint density at radius 2 is 1.95 bits per heavy atom. The van der Waals surface area contributed by atoms with Gasteiger partial charge in [0.2, 0.25) is 11.0 Å². The second kappa shape index (κ2) is 12.5. The number of esters is 1. The van der Waals surface area contributed by atoms with E-state index in [1.54, 1.807) is 35.2 Å². The number of hydrogen-bond acceptors (Lipinski definition) is 12. The van der Waals surface area contributed by atoms with Crippen LogP contribution in [0.2, 0.25) is 0 Å². The number of nitriles is 1. The van der Waals surface area contributed by atoms with Gasteiger partial charge in [-0.05, 0) is 48.7 Å². The maximum atomic E-state index is 13.3. The number of ketones is 1. The van der Waals surface area contributed by atoms with E-state index in [4.69, 9.17) is 15.6 Å². The molecule has 1 amide bonds. The summed E-state index contributed by atoms with van der Waals surface area (Å²) in [5, 5.41) is 30.8. The van der Waals surface area contributed by atoms with Gasteiger partial charge in [0.25, 0.3) is 0 Å². The minimum absolute atomic E-state index is 0.0171. The number of carboxylic acid groups (broad SMARTS) is 1. The van der Waals surface area contributed by atoms with Crippen molar-refractivity contribution < 1.29 is 29.0 Å². The number of rotatable bonds is 8. The summed E-state index contributed by atoms with van der Waals surface area (Å²) in [7, 11) is 1.29. The zero-order valence-corrected chi connectivity index (χ0v) is 24.3. The lowest BCUT2D eigenvalue weighted by Crippen LogP contribution is -2.38. The van der Waals surface area contributed by atoms with Gasteiger partial charge in [-0.3, -0.25) is 14.5 Å². The number of carbonyl (C=O) groups is 4. The molecule has 0 saturated carbocycles. The molecule has 1 aliphatic carbocycles. The van der Waals surface area contributed by atoms with E-state index in [0.29, 0.717) is 56.8 Å². The number of amides is 1. The third-order valence-electron chi connectivity index (χ3n) is 6.89. The molecule has 1 unspecified atom stereocenters. The Kier molecular flexibility index (Phi) is 8.56. The van der Waals surface area contributed by atoms with Gasteiger partial charge in [0.05, 0.1) is 41.5 Å². The van der Waals surface area contributed by atoms with E-state index in [-0.39, 0.29) is 34.4 Å². The average molecular weight is 617 g/mol. The van der Waals surface area contributed by atoms with Crippen LogP contribution in [0.4, 0.5) is 10.8 Å². The van der Waals surface area contributed by atoms with Gasteiger partial charge in [0.1, 0.15) is 5.82 Å². The number of nitrogens with two attached hydrogens (primary N) is 1. The summed E-state index contributed by atoms with van der Waals surface area (Å²) < 4.78 is 5.23. The van der Waals surface area contributed by atoms with Gasteiger partial charge in [-0.2, -0.15) is 5.26 Å². The molecule has 0 fully saturated rings. The molecule has 3 aromatic rings. The standard InChI is InChI=1S/C29H24N6O6S2/c1-41-27(40)16-10-8-15(9-11-16)23-19(13-30)25(31)35(20-6-3-7-21(36)24(20)23)28-33-34-29(43-28)42-14-22(37)32-18-5-2-4-17(12-18)26(38)39/h2,4-5,8-12,23H,3,6-7,14,31H2,1H3,(H,32,37)(H,38,39). The first-order valence-electron chi connectivity index (χ1n) is 13.0. The summed E-state index contributed by atoms with van der Waals surface area (Å²) >= 11 is 2.29. The van der Waals surface area contributed by atoms with Crippen molar-refractivity contribution in [2.24, 2.45) is 5.73 Å². The van der Waals surface area contributed by atoms with Crippen LogP contribution < -0.4 is 16.0 Å². The molecule has 4 N–H and O–H groups in total. The number of aromatic carboxylic acids is 1. The van der Waals surface area contributed by atoms with E-state index in [9.17, 15) is 24.4 Å². The van der Waals surface area contributed by atoms with Gasteiger partial charge in [-0.15, -0.1) is 10.2 Å². The minimum atomic E-state index is -1.10. The number of aromatic nitrogens is 2. The second-order valence-corrected chi connectivity index (χ2v) is 11.7. The molecule has 43 heavy (non-hydrogen) atoms. The Morgan fingerprint density at radius 3 is 2.65 bits per heavy atom. The lowest BCUT2D eigenvalue weighted by atomic mass is 9.75. The van der Waals surface area contributed by atoms with Crippen LogP contribution in [-0.2, 0) is 14.3 Å².